The predicted molar refractivity (Wildman–Crippen MR) is 123 cm³/mol. The normalized spacial score (nSPS) is 25.6. The van der Waals surface area contributed by atoms with Crippen LogP contribution in [0.25, 0.3) is 0 Å². The van der Waals surface area contributed by atoms with Crippen LogP contribution in [0.5, 0.6) is 0 Å². The van der Waals surface area contributed by atoms with Crippen LogP contribution in [-0.4, -0.2) is 43.5 Å². The van der Waals surface area contributed by atoms with E-state index in [1.165, 1.54) is 0 Å². The first kappa shape index (κ1) is 28.5. The molecule has 0 unspecified atom stereocenters. The molecule has 0 aromatic carbocycles. The second-order valence-corrected chi connectivity index (χ2v) is 15.6. The highest BCUT2D eigenvalue weighted by atomic mass is 32.2. The van der Waals surface area contributed by atoms with E-state index < -0.39 is 42.4 Å². The van der Waals surface area contributed by atoms with Gasteiger partial charge in [-0.05, 0) is 55.4 Å². The van der Waals surface area contributed by atoms with Gasteiger partial charge in [-0.1, -0.05) is 23.7 Å². The van der Waals surface area contributed by atoms with E-state index in [0.29, 0.717) is 11.5 Å². The Labute approximate surface area is 190 Å². The van der Waals surface area contributed by atoms with Crippen molar-refractivity contribution in [2.75, 3.05) is 23.0 Å². The van der Waals surface area contributed by atoms with Gasteiger partial charge >= 0.3 is 12.1 Å². The van der Waals surface area contributed by atoms with Gasteiger partial charge in [-0.2, -0.15) is 17.5 Å². The molecular formula is C22H33F3N2O3S2. The van der Waals surface area contributed by atoms with Crippen LogP contribution in [0.2, 0.25) is 0 Å². The number of carbonyl (C=O) groups is 1. The molecule has 2 aliphatic rings. The predicted octanol–water partition coefficient (Wildman–Crippen LogP) is 4.72. The Bertz CT molecular complexity index is 1060. The molecule has 0 atom stereocenters. The van der Waals surface area contributed by atoms with Crippen LogP contribution >= 0.6 is 0 Å². The molecule has 0 saturated heterocycles. The van der Waals surface area contributed by atoms with Crippen LogP contribution in [0.3, 0.4) is 0 Å². The number of nitrogens with one attached hydrogen (secondary N) is 1. The molecule has 0 aromatic rings. The van der Waals surface area contributed by atoms with E-state index >= 15 is 0 Å². The molecule has 32 heavy (non-hydrogen) atoms. The standard InChI is InChI=1S/C12H16F3NO2S.C10H17NOS/c1-10(2)5-6-11(3,4)8-19(18,7-10)16-9(17)12(13,14)15;1-9(2)5-6-10(3,4)8-13(11,12)7-9/h7-8H2,1-4H3;11H,7-8H2,1-4H3. The van der Waals surface area contributed by atoms with Crippen molar-refractivity contribution in [1.82, 2.24) is 0 Å². The molecule has 0 radical (unpaired) electrons. The van der Waals surface area contributed by atoms with Crippen LogP contribution < -0.4 is 0 Å². The van der Waals surface area contributed by atoms with Crippen molar-refractivity contribution in [2.45, 2.75) is 61.6 Å². The number of rotatable bonds is 0. The number of halogens is 3. The monoisotopic (exact) mass is 494 g/mol. The number of hydrogen-bond donors (Lipinski definition) is 1. The second kappa shape index (κ2) is 8.68. The Balaban J connectivity index is 0.000000343. The zero-order chi connectivity index (χ0) is 25.4. The number of amides is 1. The quantitative estimate of drug-likeness (QED) is 0.495. The summed E-state index contributed by atoms with van der Waals surface area (Å²) in [5, 5.41) is 0. The molecule has 5 nitrogen and oxygen atoms in total. The van der Waals surface area contributed by atoms with Gasteiger partial charge < -0.3 is 0 Å². The molecule has 0 saturated carbocycles. The molecule has 1 amide bonds. The van der Waals surface area contributed by atoms with E-state index in [2.05, 4.69) is 28.0 Å². The van der Waals surface area contributed by atoms with Gasteiger partial charge in [-0.25, -0.2) is 8.42 Å². The third-order valence-electron chi connectivity index (χ3n) is 4.33. The lowest BCUT2D eigenvalue weighted by atomic mass is 9.92. The second-order valence-electron chi connectivity index (χ2n) is 11.1. The number of nitrogens with zero attached hydrogens (tertiary/aromatic N) is 1. The molecule has 2 heterocycles. The van der Waals surface area contributed by atoms with Gasteiger partial charge in [0.15, 0.2) is 0 Å². The van der Waals surface area contributed by atoms with Crippen molar-refractivity contribution < 1.29 is 26.4 Å². The molecule has 0 aromatic heterocycles. The largest absolute Gasteiger partial charge is 0.474 e. The van der Waals surface area contributed by atoms with Gasteiger partial charge in [0.25, 0.3) is 0 Å². The summed E-state index contributed by atoms with van der Waals surface area (Å²) >= 11 is 0. The lowest BCUT2D eigenvalue weighted by Crippen LogP contribution is -2.30. The zero-order valence-corrected chi connectivity index (χ0v) is 21.6. The molecule has 182 valence electrons. The summed E-state index contributed by atoms with van der Waals surface area (Å²) in [5.41, 5.74) is -2.01. The van der Waals surface area contributed by atoms with E-state index in [9.17, 15) is 26.4 Å². The number of hydrogen-bond acceptors (Lipinski definition) is 4. The highest BCUT2D eigenvalue weighted by molar-refractivity contribution is 7.94. The Hall–Kier alpha value is -1.52. The van der Waals surface area contributed by atoms with Crippen LogP contribution in [0.15, 0.2) is 4.36 Å². The molecule has 0 spiro atoms. The lowest BCUT2D eigenvalue weighted by molar-refractivity contribution is -0.169. The average molecular weight is 495 g/mol. The molecule has 0 fully saturated rings. The molecule has 0 bridgehead atoms. The Morgan fingerprint density at radius 3 is 1.31 bits per heavy atom. The minimum absolute atomic E-state index is 0.141. The molecule has 10 heteroatoms. The minimum Gasteiger partial charge on any atom is -0.261 e. The summed E-state index contributed by atoms with van der Waals surface area (Å²) in [6.45, 7) is 14.5. The van der Waals surface area contributed by atoms with Crippen molar-refractivity contribution in [2.24, 2.45) is 26.0 Å². The first-order valence-corrected chi connectivity index (χ1v) is 13.8. The number of alkyl halides is 3. The Kier molecular flexibility index (Phi) is 7.74. The van der Waals surface area contributed by atoms with Crippen molar-refractivity contribution in [3.63, 3.8) is 0 Å². The van der Waals surface area contributed by atoms with Crippen LogP contribution in [-0.2, 0) is 24.3 Å². The SMILES string of the molecule is CC1(C)C#CC(C)(C)CS(=N)(=O)C1.CC1(C)C#CC(C)(C)CS(=O)(=NC(=O)C(F)(F)F)C1. The van der Waals surface area contributed by atoms with Crippen LogP contribution in [0.4, 0.5) is 13.2 Å². The number of carbonyl (C=O) groups excluding carboxylic acids is 1. The van der Waals surface area contributed by atoms with E-state index in [4.69, 9.17) is 4.78 Å². The lowest BCUT2D eigenvalue weighted by Gasteiger charge is -2.21. The average Bonchev–Trinajstić information content (AvgIpc) is 2.60. The maximum Gasteiger partial charge on any atom is 0.474 e. The molecule has 2 rings (SSSR count). The molecule has 2 aliphatic heterocycles. The summed E-state index contributed by atoms with van der Waals surface area (Å²) in [4.78, 5) is 11.0. The third-order valence-corrected chi connectivity index (χ3v) is 9.55. The summed E-state index contributed by atoms with van der Waals surface area (Å²) in [6.07, 6.45) is -5.09. The fourth-order valence-corrected chi connectivity index (χ4v) is 9.10. The van der Waals surface area contributed by atoms with Gasteiger partial charge in [0, 0.05) is 54.4 Å². The molecular weight excluding hydrogens is 461 g/mol. The summed E-state index contributed by atoms with van der Waals surface area (Å²) in [5.74, 6) is 10.3. The fourth-order valence-electron chi connectivity index (χ4n) is 3.48. The minimum atomic E-state index is -5.09. The first-order chi connectivity index (χ1) is 13.9. The summed E-state index contributed by atoms with van der Waals surface area (Å²) < 4.78 is 71.9. The highest BCUT2D eigenvalue weighted by Gasteiger charge is 2.41. The van der Waals surface area contributed by atoms with E-state index in [-0.39, 0.29) is 22.3 Å². The van der Waals surface area contributed by atoms with Crippen molar-refractivity contribution in [3.05, 3.63) is 0 Å². The Morgan fingerprint density at radius 2 is 1.03 bits per heavy atom. The maximum absolute atomic E-state index is 12.5. The van der Waals surface area contributed by atoms with Gasteiger partial charge in [0.1, 0.15) is 0 Å². The first-order valence-electron chi connectivity index (χ1n) is 10.0. The van der Waals surface area contributed by atoms with Gasteiger partial charge in [0.2, 0.25) is 0 Å². The van der Waals surface area contributed by atoms with Crippen LogP contribution in [0.1, 0.15) is 55.4 Å². The van der Waals surface area contributed by atoms with Crippen molar-refractivity contribution in [1.29, 1.82) is 4.78 Å². The van der Waals surface area contributed by atoms with E-state index in [1.54, 1.807) is 27.7 Å². The van der Waals surface area contributed by atoms with Crippen molar-refractivity contribution in [3.8, 4) is 23.7 Å². The van der Waals surface area contributed by atoms with Crippen molar-refractivity contribution >= 4 is 25.4 Å². The van der Waals surface area contributed by atoms with Gasteiger partial charge in [-0.3, -0.25) is 9.57 Å². The summed E-state index contributed by atoms with van der Waals surface area (Å²) in [6, 6.07) is 0. The van der Waals surface area contributed by atoms with E-state index in [1.807, 2.05) is 27.7 Å². The fraction of sp³-hybridized carbons (Fsp3) is 0.773. The third kappa shape index (κ3) is 9.54. The molecule has 0 aliphatic carbocycles. The highest BCUT2D eigenvalue weighted by Crippen LogP contribution is 2.30. The summed E-state index contributed by atoms with van der Waals surface area (Å²) in [7, 11) is -5.75. The smallest absolute Gasteiger partial charge is 0.261 e. The van der Waals surface area contributed by atoms with Crippen LogP contribution in [0, 0.1) is 50.1 Å². The maximum atomic E-state index is 12.5. The van der Waals surface area contributed by atoms with E-state index in [0.717, 1.165) is 0 Å². The zero-order valence-electron chi connectivity index (χ0n) is 20.0. The topological polar surface area (TPSA) is 87.4 Å². The Morgan fingerprint density at radius 1 is 0.750 bits per heavy atom. The molecule has 1 N–H and O–H groups in total. The van der Waals surface area contributed by atoms with Gasteiger partial charge in [0.05, 0.1) is 9.73 Å². The van der Waals surface area contributed by atoms with Gasteiger partial charge in [-0.15, -0.1) is 0 Å².